The van der Waals surface area contributed by atoms with E-state index in [1.165, 1.54) is 0 Å². The summed E-state index contributed by atoms with van der Waals surface area (Å²) in [5.74, 6) is 2.74. The van der Waals surface area contributed by atoms with Crippen LogP contribution in [0.3, 0.4) is 0 Å². The fraction of sp³-hybridized carbons (Fsp3) is 0.400. The molecule has 1 amide bonds. The number of thioether (sulfide) groups is 1. The van der Waals surface area contributed by atoms with Crippen LogP contribution in [0, 0.1) is 0 Å². The van der Waals surface area contributed by atoms with E-state index in [0.29, 0.717) is 6.42 Å². The summed E-state index contributed by atoms with van der Waals surface area (Å²) in [6, 6.07) is 11.7. The lowest BCUT2D eigenvalue weighted by Crippen LogP contribution is -2.63. The van der Waals surface area contributed by atoms with Gasteiger partial charge in [0.15, 0.2) is 6.10 Å². The van der Waals surface area contributed by atoms with Gasteiger partial charge in [-0.3, -0.25) is 9.78 Å². The molecule has 134 valence electrons. The summed E-state index contributed by atoms with van der Waals surface area (Å²) in [5, 5.41) is 0. The monoisotopic (exact) mass is 368 g/mol. The summed E-state index contributed by atoms with van der Waals surface area (Å²) < 4.78 is 12.0. The highest BCUT2D eigenvalue weighted by atomic mass is 32.2. The molecular weight excluding hydrogens is 348 g/mol. The number of carbonyl (C=O) groups is 1. The zero-order valence-electron chi connectivity index (χ0n) is 14.3. The first-order chi connectivity index (χ1) is 12.7. The van der Waals surface area contributed by atoms with Crippen molar-refractivity contribution in [3.63, 3.8) is 0 Å². The molecule has 2 atom stereocenters. The number of amides is 1. The van der Waals surface area contributed by atoms with E-state index in [-0.39, 0.29) is 22.9 Å². The van der Waals surface area contributed by atoms with Crippen LogP contribution in [0.1, 0.15) is 12.0 Å². The highest BCUT2D eigenvalue weighted by molar-refractivity contribution is 8.01. The second-order valence-corrected chi connectivity index (χ2v) is 8.73. The highest BCUT2D eigenvalue weighted by Crippen LogP contribution is 2.46. The van der Waals surface area contributed by atoms with Gasteiger partial charge in [-0.2, -0.15) is 0 Å². The molecule has 1 spiro atoms. The van der Waals surface area contributed by atoms with Gasteiger partial charge in [0.1, 0.15) is 17.6 Å². The van der Waals surface area contributed by atoms with Gasteiger partial charge in [0.25, 0.3) is 5.91 Å². The van der Waals surface area contributed by atoms with E-state index in [2.05, 4.69) is 4.98 Å². The van der Waals surface area contributed by atoms with Crippen LogP contribution in [0.5, 0.6) is 11.5 Å². The fourth-order valence-electron chi connectivity index (χ4n) is 4.04. The van der Waals surface area contributed by atoms with Gasteiger partial charge in [0.05, 0.1) is 10.9 Å². The second-order valence-electron chi connectivity index (χ2n) is 7.24. The largest absolute Gasteiger partial charge is 0.488 e. The molecule has 2 fully saturated rings. The van der Waals surface area contributed by atoms with Crippen molar-refractivity contribution in [1.29, 1.82) is 0 Å². The fourth-order valence-corrected chi connectivity index (χ4v) is 5.56. The molecule has 0 bridgehead atoms. The van der Waals surface area contributed by atoms with Crippen LogP contribution in [0.15, 0.2) is 48.8 Å². The predicted molar refractivity (Wildman–Crippen MR) is 99.6 cm³/mol. The van der Waals surface area contributed by atoms with Crippen LogP contribution in [-0.2, 0) is 11.2 Å². The van der Waals surface area contributed by atoms with Gasteiger partial charge in [0.2, 0.25) is 0 Å². The summed E-state index contributed by atoms with van der Waals surface area (Å²) >= 11 is 1.93. The van der Waals surface area contributed by atoms with E-state index in [1.54, 1.807) is 12.4 Å². The number of hydrogen-bond acceptors (Lipinski definition) is 5. The van der Waals surface area contributed by atoms with E-state index in [4.69, 9.17) is 9.47 Å². The lowest BCUT2D eigenvalue weighted by atomic mass is 9.92. The lowest BCUT2D eigenvalue weighted by Gasteiger charge is -2.48. The molecule has 0 aliphatic carbocycles. The smallest absolute Gasteiger partial charge is 0.264 e. The topological polar surface area (TPSA) is 51.7 Å². The van der Waals surface area contributed by atoms with Gasteiger partial charge in [-0.05, 0) is 23.8 Å². The molecule has 2 aromatic rings. The van der Waals surface area contributed by atoms with Crippen molar-refractivity contribution < 1.29 is 14.3 Å². The van der Waals surface area contributed by atoms with E-state index < -0.39 is 0 Å². The second kappa shape index (κ2) is 6.20. The molecular formula is C20H20N2O3S. The minimum atomic E-state index is -0.362. The van der Waals surface area contributed by atoms with E-state index in [1.807, 2.05) is 53.1 Å². The number of aromatic nitrogens is 1. The maximum absolute atomic E-state index is 12.8. The summed E-state index contributed by atoms with van der Waals surface area (Å²) in [4.78, 5) is 18.8. The Bertz CT molecular complexity index is 798. The van der Waals surface area contributed by atoms with E-state index in [0.717, 1.165) is 42.3 Å². The van der Waals surface area contributed by atoms with Crippen molar-refractivity contribution in [2.75, 3.05) is 18.8 Å². The minimum Gasteiger partial charge on any atom is -0.488 e. The summed E-state index contributed by atoms with van der Waals surface area (Å²) in [5.41, 5.74) is 1.13. The number of pyridine rings is 1. The number of hydrogen-bond donors (Lipinski definition) is 0. The first-order valence-electron chi connectivity index (χ1n) is 8.95. The van der Waals surface area contributed by atoms with Crippen molar-refractivity contribution in [2.45, 2.75) is 29.8 Å². The number of nitrogens with zero attached hydrogens (tertiary/aromatic N) is 2. The van der Waals surface area contributed by atoms with Gasteiger partial charge >= 0.3 is 0 Å². The molecule has 0 N–H and O–H groups in total. The third-order valence-electron chi connectivity index (χ3n) is 5.30. The Morgan fingerprint density at radius 2 is 2.15 bits per heavy atom. The van der Waals surface area contributed by atoms with Crippen LogP contribution >= 0.6 is 11.8 Å². The Kier molecular flexibility index (Phi) is 3.81. The zero-order chi connectivity index (χ0) is 17.6. The number of likely N-dealkylation sites (tertiary alicyclic amines) is 1. The van der Waals surface area contributed by atoms with Crippen LogP contribution in [0.25, 0.3) is 0 Å². The Morgan fingerprint density at radius 3 is 2.96 bits per heavy atom. The molecule has 6 heteroatoms. The van der Waals surface area contributed by atoms with Crippen molar-refractivity contribution >= 4 is 17.7 Å². The first kappa shape index (κ1) is 16.0. The zero-order valence-corrected chi connectivity index (χ0v) is 15.2. The standard InChI is InChI=1S/C20H20N2O3S/c23-19(18-8-14-4-1-2-6-17(14)25-18)22-12-20(13-22)9-16(11-26-20)24-15-5-3-7-21-10-15/h1-7,10,16,18H,8-9,11-13H2/t16-,18+/m0/s1. The Hall–Kier alpha value is -2.21. The first-order valence-corrected chi connectivity index (χ1v) is 9.93. The molecule has 5 rings (SSSR count). The predicted octanol–water partition coefficient (Wildman–Crippen LogP) is 2.55. The van der Waals surface area contributed by atoms with E-state index >= 15 is 0 Å². The Labute approximate surface area is 156 Å². The molecule has 2 saturated heterocycles. The molecule has 4 heterocycles. The SMILES string of the molecule is O=C([C@H]1Cc2ccccc2O1)N1CC2(C[C@H](Oc3cccnc3)CS2)C1. The van der Waals surface area contributed by atoms with Crippen LogP contribution in [0.4, 0.5) is 0 Å². The maximum Gasteiger partial charge on any atom is 0.264 e. The summed E-state index contributed by atoms with van der Waals surface area (Å²) in [7, 11) is 0. The quantitative estimate of drug-likeness (QED) is 0.833. The molecule has 3 aliphatic heterocycles. The maximum atomic E-state index is 12.8. The molecule has 5 nitrogen and oxygen atoms in total. The van der Waals surface area contributed by atoms with Gasteiger partial charge in [0, 0.05) is 37.9 Å². The summed E-state index contributed by atoms with van der Waals surface area (Å²) in [6.07, 6.45) is 4.98. The Balaban J connectivity index is 1.16. The lowest BCUT2D eigenvalue weighted by molar-refractivity contribution is -0.143. The van der Waals surface area contributed by atoms with Crippen LogP contribution in [-0.4, -0.2) is 51.6 Å². The number of carbonyl (C=O) groups excluding carboxylic acids is 1. The third-order valence-corrected chi connectivity index (χ3v) is 6.88. The molecule has 26 heavy (non-hydrogen) atoms. The van der Waals surface area contributed by atoms with Gasteiger partial charge in [-0.15, -0.1) is 11.8 Å². The van der Waals surface area contributed by atoms with Gasteiger partial charge < -0.3 is 14.4 Å². The highest BCUT2D eigenvalue weighted by Gasteiger charge is 2.52. The van der Waals surface area contributed by atoms with Gasteiger partial charge in [-0.25, -0.2) is 0 Å². The minimum absolute atomic E-state index is 0.115. The average Bonchev–Trinajstić information content (AvgIpc) is 3.25. The summed E-state index contributed by atoms with van der Waals surface area (Å²) in [6.45, 7) is 1.58. The third kappa shape index (κ3) is 2.82. The molecule has 0 saturated carbocycles. The van der Waals surface area contributed by atoms with Crippen molar-refractivity contribution in [1.82, 2.24) is 9.88 Å². The molecule has 0 radical (unpaired) electrons. The number of ether oxygens (including phenoxy) is 2. The van der Waals surface area contributed by atoms with Crippen molar-refractivity contribution in [3.8, 4) is 11.5 Å². The normalized spacial score (nSPS) is 25.5. The van der Waals surface area contributed by atoms with Crippen molar-refractivity contribution in [3.05, 3.63) is 54.4 Å². The number of fused-ring (bicyclic) bond motifs is 1. The van der Waals surface area contributed by atoms with Crippen molar-refractivity contribution in [2.24, 2.45) is 0 Å². The van der Waals surface area contributed by atoms with Crippen LogP contribution in [0.2, 0.25) is 0 Å². The molecule has 3 aliphatic rings. The molecule has 0 unspecified atom stereocenters. The molecule has 1 aromatic heterocycles. The Morgan fingerprint density at radius 1 is 1.27 bits per heavy atom. The number of para-hydroxylation sites is 1. The number of benzene rings is 1. The van der Waals surface area contributed by atoms with Crippen LogP contribution < -0.4 is 9.47 Å². The van der Waals surface area contributed by atoms with Gasteiger partial charge in [-0.1, -0.05) is 18.2 Å². The van der Waals surface area contributed by atoms with E-state index in [9.17, 15) is 4.79 Å². The number of rotatable bonds is 3. The average molecular weight is 368 g/mol. The molecule has 1 aromatic carbocycles.